The first kappa shape index (κ1) is 27.7. The number of aromatic nitrogens is 1. The van der Waals surface area contributed by atoms with Crippen molar-refractivity contribution in [1.29, 1.82) is 0 Å². The quantitative estimate of drug-likeness (QED) is 0.198. The molecule has 2 atom stereocenters. The van der Waals surface area contributed by atoms with E-state index in [0.717, 1.165) is 24.6 Å². The Morgan fingerprint density at radius 3 is 2.37 bits per heavy atom. The van der Waals surface area contributed by atoms with Crippen LogP contribution < -0.4 is 10.0 Å². The predicted octanol–water partition coefficient (Wildman–Crippen LogP) is 1.95. The molecular weight excluding hydrogens is 525 g/mol. The van der Waals surface area contributed by atoms with Gasteiger partial charge in [0.1, 0.15) is 0 Å². The lowest BCUT2D eigenvalue weighted by molar-refractivity contribution is -0.118. The van der Waals surface area contributed by atoms with Crippen LogP contribution >= 0.6 is 0 Å². The monoisotopic (exact) mass is 553 g/mol. The maximum absolute atomic E-state index is 13.1. The molecule has 4 N–H and O–H groups in total. The molecule has 0 bridgehead atoms. The number of carbonyl (C=O) groups excluding carboxylic acids is 1. The highest BCUT2D eigenvalue weighted by atomic mass is 32.2. The van der Waals surface area contributed by atoms with Crippen molar-refractivity contribution in [2.75, 3.05) is 0 Å². The van der Waals surface area contributed by atoms with Crippen LogP contribution in [0.4, 0.5) is 0 Å². The van der Waals surface area contributed by atoms with Gasteiger partial charge in [-0.25, -0.2) is 12.6 Å². The lowest BCUT2D eigenvalue weighted by atomic mass is 9.76. The Morgan fingerprint density at radius 1 is 1.05 bits per heavy atom. The number of hydrogen-bond donors (Lipinski definition) is 4. The summed E-state index contributed by atoms with van der Waals surface area (Å²) in [5.74, 6) is -1.13. The zero-order valence-electron chi connectivity index (χ0n) is 20.4. The van der Waals surface area contributed by atoms with Crippen LogP contribution in [0.2, 0.25) is 0 Å². The summed E-state index contributed by atoms with van der Waals surface area (Å²) in [7, 11) is -7.31. The number of benzene rings is 2. The molecule has 1 amide bonds. The number of carbonyl (C=O) groups is 1. The van der Waals surface area contributed by atoms with Crippen LogP contribution in [0.1, 0.15) is 24.8 Å². The molecule has 1 aliphatic rings. The standard InChI is InChI=1S/C26H28BN3O6S2/c31-26(30-25(27(32)33)16-20-8-9-20)21(15-19-5-2-1-3-6-19)17-29-38(35,36)24-12-10-22(11-13-24)37(34)23-7-4-14-28-18-23/h1-7,10-14,17-18,20,25,29,32-33H,8-9,15-16H2,(H,30,31)/b21-17-. The number of rotatable bonds is 12. The molecule has 3 aromatic rings. The summed E-state index contributed by atoms with van der Waals surface area (Å²) in [5, 5.41) is 22.1. The fraction of sp³-hybridized carbons (Fsp3) is 0.231. The van der Waals surface area contributed by atoms with Crippen LogP contribution in [0.5, 0.6) is 0 Å². The summed E-state index contributed by atoms with van der Waals surface area (Å²) in [6.07, 6.45) is 6.67. The first-order chi connectivity index (χ1) is 18.2. The normalized spacial score (nSPS) is 15.4. The van der Waals surface area contributed by atoms with E-state index in [2.05, 4.69) is 15.0 Å². The summed E-state index contributed by atoms with van der Waals surface area (Å²) in [5.41, 5.74) is 0.883. The van der Waals surface area contributed by atoms with E-state index in [-0.39, 0.29) is 16.9 Å². The molecule has 1 aliphatic carbocycles. The summed E-state index contributed by atoms with van der Waals surface area (Å²) >= 11 is 0. The lowest BCUT2D eigenvalue weighted by Crippen LogP contribution is -2.47. The molecule has 1 heterocycles. The van der Waals surface area contributed by atoms with E-state index in [1.165, 1.54) is 30.5 Å². The van der Waals surface area contributed by atoms with Gasteiger partial charge in [-0.15, -0.1) is 0 Å². The van der Waals surface area contributed by atoms with E-state index >= 15 is 0 Å². The lowest BCUT2D eigenvalue weighted by Gasteiger charge is -2.19. The van der Waals surface area contributed by atoms with Crippen LogP contribution in [-0.4, -0.2) is 46.6 Å². The molecule has 1 fully saturated rings. The van der Waals surface area contributed by atoms with E-state index in [0.29, 0.717) is 22.1 Å². The fourth-order valence-electron chi connectivity index (χ4n) is 3.79. The van der Waals surface area contributed by atoms with Gasteiger partial charge in [0.05, 0.1) is 26.5 Å². The van der Waals surface area contributed by atoms with Crippen molar-refractivity contribution in [3.8, 4) is 0 Å². The Kier molecular flexibility index (Phi) is 9.11. The number of nitrogens with one attached hydrogen (secondary N) is 2. The average molecular weight is 553 g/mol. The third-order valence-corrected chi connectivity index (χ3v) is 8.77. The van der Waals surface area contributed by atoms with Crippen LogP contribution in [0.3, 0.4) is 0 Å². The first-order valence-electron chi connectivity index (χ1n) is 12.1. The topological polar surface area (TPSA) is 146 Å². The largest absolute Gasteiger partial charge is 0.475 e. The van der Waals surface area contributed by atoms with Gasteiger partial charge in [-0.2, -0.15) is 0 Å². The Hall–Kier alpha value is -3.32. The van der Waals surface area contributed by atoms with Crippen LogP contribution in [0.15, 0.2) is 106 Å². The van der Waals surface area contributed by atoms with Gasteiger partial charge in [0.2, 0.25) is 5.91 Å². The number of amides is 1. The maximum atomic E-state index is 13.1. The summed E-state index contributed by atoms with van der Waals surface area (Å²) in [6, 6.07) is 18.0. The second kappa shape index (κ2) is 12.5. The van der Waals surface area contributed by atoms with E-state index in [4.69, 9.17) is 0 Å². The highest BCUT2D eigenvalue weighted by molar-refractivity contribution is 7.89. The zero-order chi connectivity index (χ0) is 27.1. The van der Waals surface area contributed by atoms with Crippen molar-refractivity contribution < 1.29 is 27.5 Å². The summed E-state index contributed by atoms with van der Waals surface area (Å²) < 4.78 is 41.0. The third-order valence-electron chi connectivity index (χ3n) is 6.07. The molecule has 0 radical (unpaired) electrons. The van der Waals surface area contributed by atoms with Crippen LogP contribution in [0, 0.1) is 5.92 Å². The number of pyridine rings is 1. The third kappa shape index (κ3) is 7.61. The van der Waals surface area contributed by atoms with Crippen molar-refractivity contribution in [3.63, 3.8) is 0 Å². The highest BCUT2D eigenvalue weighted by Crippen LogP contribution is 2.33. The molecule has 38 heavy (non-hydrogen) atoms. The van der Waals surface area contributed by atoms with Crippen molar-refractivity contribution >= 4 is 33.8 Å². The van der Waals surface area contributed by atoms with Gasteiger partial charge in [-0.1, -0.05) is 43.2 Å². The van der Waals surface area contributed by atoms with Crippen molar-refractivity contribution in [2.24, 2.45) is 5.92 Å². The Morgan fingerprint density at radius 2 is 1.76 bits per heavy atom. The molecule has 0 aliphatic heterocycles. The maximum Gasteiger partial charge on any atom is 0.475 e. The molecule has 0 saturated heterocycles. The minimum atomic E-state index is -4.06. The minimum absolute atomic E-state index is 0.0717. The van der Waals surface area contributed by atoms with Crippen molar-refractivity contribution in [3.05, 3.63) is 96.5 Å². The Balaban J connectivity index is 1.52. The smallest absolute Gasteiger partial charge is 0.426 e. The van der Waals surface area contributed by atoms with E-state index < -0.39 is 39.8 Å². The van der Waals surface area contributed by atoms with Gasteiger partial charge in [0.25, 0.3) is 10.0 Å². The molecule has 4 rings (SSSR count). The zero-order valence-corrected chi connectivity index (χ0v) is 22.1. The molecule has 1 saturated carbocycles. The van der Waals surface area contributed by atoms with Gasteiger partial charge < -0.3 is 15.4 Å². The van der Waals surface area contributed by atoms with Gasteiger partial charge in [0.15, 0.2) is 0 Å². The van der Waals surface area contributed by atoms with Gasteiger partial charge in [0, 0.05) is 35.5 Å². The molecule has 198 valence electrons. The van der Waals surface area contributed by atoms with E-state index in [1.807, 2.05) is 6.07 Å². The number of hydrogen-bond acceptors (Lipinski definition) is 7. The second-order valence-electron chi connectivity index (χ2n) is 9.05. The molecule has 2 aromatic carbocycles. The minimum Gasteiger partial charge on any atom is -0.426 e. The molecule has 0 spiro atoms. The first-order valence-corrected chi connectivity index (χ1v) is 14.7. The second-order valence-corrected chi connectivity index (χ2v) is 12.2. The van der Waals surface area contributed by atoms with E-state index in [1.54, 1.807) is 42.6 Å². The van der Waals surface area contributed by atoms with Crippen LogP contribution in [0.25, 0.3) is 0 Å². The van der Waals surface area contributed by atoms with E-state index in [9.17, 15) is 27.5 Å². The highest BCUT2D eigenvalue weighted by Gasteiger charge is 2.33. The summed E-state index contributed by atoms with van der Waals surface area (Å²) in [4.78, 5) is 17.9. The average Bonchev–Trinajstić information content (AvgIpc) is 3.75. The Labute approximate surface area is 224 Å². The number of nitrogens with zero attached hydrogens (tertiary/aromatic N) is 1. The SMILES string of the molecule is O=C(NC(CC1CC1)B(O)O)/C(=C\NS(=O)(=O)c1ccc(S(=O)c2cccnc2)cc1)Cc1ccccc1. The molecule has 1 aromatic heterocycles. The van der Waals surface area contributed by atoms with Gasteiger partial charge in [-0.3, -0.25) is 14.5 Å². The van der Waals surface area contributed by atoms with Gasteiger partial charge >= 0.3 is 7.12 Å². The summed E-state index contributed by atoms with van der Waals surface area (Å²) in [6.45, 7) is 0. The molecule has 12 heteroatoms. The predicted molar refractivity (Wildman–Crippen MR) is 143 cm³/mol. The molecule has 9 nitrogen and oxygen atoms in total. The van der Waals surface area contributed by atoms with Crippen LogP contribution in [-0.2, 0) is 32.0 Å². The van der Waals surface area contributed by atoms with Crippen molar-refractivity contribution in [1.82, 2.24) is 15.0 Å². The Bertz CT molecular complexity index is 1400. The van der Waals surface area contributed by atoms with Crippen molar-refractivity contribution in [2.45, 2.75) is 46.3 Å². The fourth-order valence-corrected chi connectivity index (χ4v) is 5.74. The molecular formula is C26H28BN3O6S2. The van der Waals surface area contributed by atoms with Gasteiger partial charge in [-0.05, 0) is 54.3 Å². The molecule has 2 unspecified atom stereocenters. The number of sulfonamides is 1.